The number of nitrogens with zero attached hydrogens (tertiary/aromatic N) is 3. The lowest BCUT2D eigenvalue weighted by Crippen LogP contribution is -2.32. The quantitative estimate of drug-likeness (QED) is 0.873. The molecule has 0 aliphatic carbocycles. The molecule has 25 heavy (non-hydrogen) atoms. The highest BCUT2D eigenvalue weighted by Crippen LogP contribution is 2.33. The van der Waals surface area contributed by atoms with Crippen LogP contribution in [0.2, 0.25) is 5.02 Å². The molecule has 0 saturated carbocycles. The van der Waals surface area contributed by atoms with Crippen molar-refractivity contribution in [3.05, 3.63) is 45.6 Å². The molecular weight excluding hydrogens is 338 g/mol. The largest absolute Gasteiger partial charge is 0.379 e. The number of aryl methyl sites for hydroxylation is 2. The summed E-state index contributed by atoms with van der Waals surface area (Å²) in [6.45, 7) is 6.52. The van der Waals surface area contributed by atoms with Crippen LogP contribution in [0.15, 0.2) is 18.2 Å². The van der Waals surface area contributed by atoms with Gasteiger partial charge in [0.15, 0.2) is 0 Å². The summed E-state index contributed by atoms with van der Waals surface area (Å²) in [4.78, 5) is 10.9. The number of ether oxygens (including phenoxy) is 1. The minimum absolute atomic E-state index is 0.0266. The summed E-state index contributed by atoms with van der Waals surface area (Å²) < 4.78 is 5.85. The molecular formula is C18H24ClN5O. The summed E-state index contributed by atoms with van der Waals surface area (Å²) in [5.41, 5.74) is 15.8. The van der Waals surface area contributed by atoms with Crippen molar-refractivity contribution < 1.29 is 4.74 Å². The molecule has 6 nitrogen and oxygen atoms in total. The van der Waals surface area contributed by atoms with Crippen molar-refractivity contribution in [1.82, 2.24) is 9.97 Å². The zero-order valence-electron chi connectivity index (χ0n) is 14.6. The first-order chi connectivity index (χ1) is 12.0. The molecule has 1 aromatic carbocycles. The van der Waals surface area contributed by atoms with Gasteiger partial charge in [0.25, 0.3) is 0 Å². The van der Waals surface area contributed by atoms with Gasteiger partial charge in [0.1, 0.15) is 5.82 Å². The second kappa shape index (κ2) is 7.56. The topological polar surface area (TPSA) is 90.3 Å². The van der Waals surface area contributed by atoms with Gasteiger partial charge in [0, 0.05) is 36.5 Å². The van der Waals surface area contributed by atoms with Crippen LogP contribution in [0.4, 0.5) is 11.8 Å². The van der Waals surface area contributed by atoms with Crippen molar-refractivity contribution >= 4 is 23.4 Å². The Morgan fingerprint density at radius 1 is 1.28 bits per heavy atom. The summed E-state index contributed by atoms with van der Waals surface area (Å²) >= 11 is 6.31. The number of hydrogen-bond acceptors (Lipinski definition) is 6. The van der Waals surface area contributed by atoms with E-state index in [1.165, 1.54) is 0 Å². The monoisotopic (exact) mass is 361 g/mol. The van der Waals surface area contributed by atoms with Crippen LogP contribution in [-0.2, 0) is 11.3 Å². The molecule has 3 rings (SSSR count). The molecule has 0 amide bonds. The molecule has 1 atom stereocenters. The smallest absolute Gasteiger partial charge is 0.222 e. The molecule has 1 aliphatic rings. The summed E-state index contributed by atoms with van der Waals surface area (Å²) in [6.07, 6.45) is 0.926. The summed E-state index contributed by atoms with van der Waals surface area (Å²) in [5.74, 6) is 1.11. The van der Waals surface area contributed by atoms with E-state index in [4.69, 9.17) is 27.8 Å². The first-order valence-electron chi connectivity index (χ1n) is 8.44. The Bertz CT molecular complexity index is 747. The fourth-order valence-corrected chi connectivity index (χ4v) is 3.58. The molecule has 1 aliphatic heterocycles. The Morgan fingerprint density at radius 3 is 2.80 bits per heavy atom. The lowest BCUT2D eigenvalue weighted by Gasteiger charge is -2.32. The number of rotatable bonds is 3. The van der Waals surface area contributed by atoms with E-state index in [1.54, 1.807) is 0 Å². The second-order valence-electron chi connectivity index (χ2n) is 6.37. The van der Waals surface area contributed by atoms with Crippen molar-refractivity contribution in [2.45, 2.75) is 32.9 Å². The van der Waals surface area contributed by atoms with Gasteiger partial charge in [0.05, 0.1) is 12.6 Å². The Labute approximate surface area is 153 Å². The molecule has 1 saturated heterocycles. The minimum Gasteiger partial charge on any atom is -0.379 e. The number of nitrogen functional groups attached to an aromatic ring is 1. The molecule has 1 fully saturated rings. The predicted octanol–water partition coefficient (Wildman–Crippen LogP) is 2.76. The molecule has 0 bridgehead atoms. The first-order valence-corrected chi connectivity index (χ1v) is 8.82. The maximum Gasteiger partial charge on any atom is 0.222 e. The van der Waals surface area contributed by atoms with Crippen molar-refractivity contribution in [2.24, 2.45) is 5.73 Å². The summed E-state index contributed by atoms with van der Waals surface area (Å²) in [7, 11) is 0. The third-order valence-corrected chi connectivity index (χ3v) is 4.86. The van der Waals surface area contributed by atoms with Gasteiger partial charge in [-0.1, -0.05) is 17.7 Å². The molecule has 0 radical (unpaired) electrons. The van der Waals surface area contributed by atoms with Gasteiger partial charge >= 0.3 is 0 Å². The number of aromatic nitrogens is 2. The van der Waals surface area contributed by atoms with Crippen molar-refractivity contribution in [3.63, 3.8) is 0 Å². The SMILES string of the molecule is Cc1cc(N2CCCOCC2c2cc(CN)c(Cl)cc2C)nc(N)n1. The number of hydrogen-bond donors (Lipinski definition) is 2. The Kier molecular flexibility index (Phi) is 5.42. The maximum absolute atomic E-state index is 6.31. The van der Waals surface area contributed by atoms with E-state index < -0.39 is 0 Å². The van der Waals surface area contributed by atoms with Crippen molar-refractivity contribution in [1.29, 1.82) is 0 Å². The molecule has 134 valence electrons. The van der Waals surface area contributed by atoms with Gasteiger partial charge in [0.2, 0.25) is 5.95 Å². The average molecular weight is 362 g/mol. The first kappa shape index (κ1) is 17.9. The van der Waals surface area contributed by atoms with E-state index in [-0.39, 0.29) is 12.0 Å². The van der Waals surface area contributed by atoms with Gasteiger partial charge in [-0.05, 0) is 43.0 Å². The third-order valence-electron chi connectivity index (χ3n) is 4.51. The van der Waals surface area contributed by atoms with E-state index in [2.05, 4.69) is 27.9 Å². The fourth-order valence-electron chi connectivity index (χ4n) is 3.28. The van der Waals surface area contributed by atoms with Crippen LogP contribution < -0.4 is 16.4 Å². The van der Waals surface area contributed by atoms with Crippen LogP contribution in [0.3, 0.4) is 0 Å². The van der Waals surface area contributed by atoms with Crippen LogP contribution >= 0.6 is 11.6 Å². The van der Waals surface area contributed by atoms with Crippen LogP contribution in [0.25, 0.3) is 0 Å². The third kappa shape index (κ3) is 3.86. The molecule has 1 aromatic heterocycles. The standard InChI is InChI=1S/C18H24ClN5O/c1-11-6-15(19)13(9-20)8-14(11)16-10-25-5-3-4-24(16)17-7-12(2)22-18(21)23-17/h6-8,16H,3-5,9-10,20H2,1-2H3,(H2,21,22,23). The van der Waals surface area contributed by atoms with Crippen LogP contribution in [-0.4, -0.2) is 29.7 Å². The van der Waals surface area contributed by atoms with E-state index in [1.807, 2.05) is 19.1 Å². The molecule has 2 aromatic rings. The van der Waals surface area contributed by atoms with Crippen molar-refractivity contribution in [3.8, 4) is 0 Å². The van der Waals surface area contributed by atoms with E-state index >= 15 is 0 Å². The van der Waals surface area contributed by atoms with E-state index in [0.717, 1.165) is 47.8 Å². The highest BCUT2D eigenvalue weighted by molar-refractivity contribution is 6.31. The Morgan fingerprint density at radius 2 is 2.08 bits per heavy atom. The zero-order valence-corrected chi connectivity index (χ0v) is 15.4. The molecule has 1 unspecified atom stereocenters. The Balaban J connectivity index is 2.07. The van der Waals surface area contributed by atoms with Gasteiger partial charge in [-0.3, -0.25) is 0 Å². The predicted molar refractivity (Wildman–Crippen MR) is 101 cm³/mol. The molecule has 0 spiro atoms. The Hall–Kier alpha value is -1.89. The molecule has 7 heteroatoms. The van der Waals surface area contributed by atoms with Crippen molar-refractivity contribution in [2.75, 3.05) is 30.4 Å². The maximum atomic E-state index is 6.31. The summed E-state index contributed by atoms with van der Waals surface area (Å²) in [5, 5.41) is 0.701. The number of benzene rings is 1. The highest BCUT2D eigenvalue weighted by atomic mass is 35.5. The average Bonchev–Trinajstić information content (AvgIpc) is 2.80. The molecule has 4 N–H and O–H groups in total. The second-order valence-corrected chi connectivity index (χ2v) is 6.77. The number of nitrogens with two attached hydrogens (primary N) is 2. The fraction of sp³-hybridized carbons (Fsp3) is 0.444. The lowest BCUT2D eigenvalue weighted by atomic mass is 9.97. The normalized spacial score (nSPS) is 18.2. The highest BCUT2D eigenvalue weighted by Gasteiger charge is 2.27. The van der Waals surface area contributed by atoms with Gasteiger partial charge < -0.3 is 21.1 Å². The van der Waals surface area contributed by atoms with Gasteiger partial charge in [-0.15, -0.1) is 0 Å². The lowest BCUT2D eigenvalue weighted by molar-refractivity contribution is 0.134. The van der Waals surface area contributed by atoms with Crippen LogP contribution in [0.5, 0.6) is 0 Å². The van der Waals surface area contributed by atoms with E-state index in [9.17, 15) is 0 Å². The molecule has 2 heterocycles. The number of halogens is 1. The van der Waals surface area contributed by atoms with E-state index in [0.29, 0.717) is 18.2 Å². The van der Waals surface area contributed by atoms with Gasteiger partial charge in [-0.2, -0.15) is 4.98 Å². The van der Waals surface area contributed by atoms with Gasteiger partial charge in [-0.25, -0.2) is 4.98 Å². The van der Waals surface area contributed by atoms with Crippen LogP contribution in [0, 0.1) is 13.8 Å². The minimum atomic E-state index is 0.0266. The summed E-state index contributed by atoms with van der Waals surface area (Å²) in [6, 6.07) is 6.05. The number of anilines is 2. The van der Waals surface area contributed by atoms with Crippen LogP contribution in [0.1, 0.15) is 34.8 Å². The zero-order chi connectivity index (χ0) is 18.0.